The minimum Gasteiger partial charge on any atom is -0.329 e. The average Bonchev–Trinajstić information content (AvgIpc) is 3.85. The Labute approximate surface area is 279 Å². The molecule has 4 aliphatic heterocycles. The Balaban J connectivity index is 1.17. The van der Waals surface area contributed by atoms with E-state index in [0.717, 1.165) is 12.8 Å². The van der Waals surface area contributed by atoms with Crippen LogP contribution in [-0.4, -0.2) is 0 Å². The highest BCUT2D eigenvalue weighted by Crippen LogP contribution is 2.60. The summed E-state index contributed by atoms with van der Waals surface area (Å²) < 4.78 is 0. The van der Waals surface area contributed by atoms with E-state index in [9.17, 15) is 0 Å². The van der Waals surface area contributed by atoms with Gasteiger partial charge in [0.05, 0.1) is 23.5 Å². The summed E-state index contributed by atoms with van der Waals surface area (Å²) >= 11 is 0. The number of fused-ring (bicyclic) bond motifs is 23. The molecule has 0 saturated carbocycles. The summed E-state index contributed by atoms with van der Waals surface area (Å²) in [5.41, 5.74) is 21.9. The fourth-order valence-corrected chi connectivity index (χ4v) is 9.94. The Kier molecular flexibility index (Phi) is 4.70. The molecule has 48 heavy (non-hydrogen) atoms. The van der Waals surface area contributed by atoms with Crippen molar-refractivity contribution < 1.29 is 0 Å². The van der Waals surface area contributed by atoms with Crippen LogP contribution in [0.25, 0.3) is 44.2 Å². The molecule has 6 aliphatic rings. The van der Waals surface area contributed by atoms with E-state index >= 15 is 0 Å². The lowest BCUT2D eigenvalue weighted by Gasteiger charge is -2.46. The highest BCUT2D eigenvalue weighted by Gasteiger charge is 2.43. The number of benzene rings is 6. The van der Waals surface area contributed by atoms with Crippen molar-refractivity contribution in [2.75, 3.05) is 9.80 Å². The molecule has 2 aliphatic carbocycles. The van der Waals surface area contributed by atoms with E-state index < -0.39 is 0 Å². The molecular formula is C46H30N2. The highest BCUT2D eigenvalue weighted by atomic mass is 15.2. The number of anilines is 2. The van der Waals surface area contributed by atoms with E-state index in [2.05, 4.69) is 155 Å². The van der Waals surface area contributed by atoms with Crippen molar-refractivity contribution in [2.45, 2.75) is 24.9 Å². The number of rotatable bonds is 0. The summed E-state index contributed by atoms with van der Waals surface area (Å²) in [4.78, 5) is 5.29. The van der Waals surface area contributed by atoms with Crippen LogP contribution in [-0.2, 0) is 0 Å². The lowest BCUT2D eigenvalue weighted by Crippen LogP contribution is -2.35. The van der Waals surface area contributed by atoms with Gasteiger partial charge in [-0.1, -0.05) is 121 Å². The third-order valence-electron chi connectivity index (χ3n) is 11.7. The third kappa shape index (κ3) is 2.96. The van der Waals surface area contributed by atoms with Crippen LogP contribution in [0.4, 0.5) is 11.4 Å². The SMILES string of the molecule is C1=CC2=C(C1)c1ccccc1C1c3ccccc3-c3c(ccc4c5c(ccc34)N3C4=C(CC=C4)c4ccccc4C3c3ccccc3-5)N21. The average molecular weight is 611 g/mol. The molecule has 2 unspecified atom stereocenters. The molecule has 2 nitrogen and oxygen atoms in total. The van der Waals surface area contributed by atoms with Crippen molar-refractivity contribution >= 4 is 33.3 Å². The molecule has 0 amide bonds. The third-order valence-corrected chi connectivity index (χ3v) is 11.7. The number of nitrogens with zero attached hydrogens (tertiary/aromatic N) is 2. The predicted molar refractivity (Wildman–Crippen MR) is 198 cm³/mol. The van der Waals surface area contributed by atoms with Gasteiger partial charge in [0.25, 0.3) is 0 Å². The maximum absolute atomic E-state index is 2.64. The molecule has 2 heteroatoms. The lowest BCUT2D eigenvalue weighted by molar-refractivity contribution is 0.771. The molecule has 0 N–H and O–H groups in total. The first-order chi connectivity index (χ1) is 23.9. The van der Waals surface area contributed by atoms with Gasteiger partial charge in [-0.05, 0) is 104 Å². The lowest BCUT2D eigenvalue weighted by atomic mass is 9.76. The summed E-state index contributed by atoms with van der Waals surface area (Å²) in [6, 6.07) is 46.4. The van der Waals surface area contributed by atoms with Crippen molar-refractivity contribution in [3.8, 4) is 22.3 Å². The Hall–Kier alpha value is -5.86. The van der Waals surface area contributed by atoms with Gasteiger partial charge in [-0.25, -0.2) is 0 Å². The highest BCUT2D eigenvalue weighted by molar-refractivity contribution is 6.15. The van der Waals surface area contributed by atoms with E-state index in [4.69, 9.17) is 0 Å². The van der Waals surface area contributed by atoms with Crippen LogP contribution in [0.3, 0.4) is 0 Å². The van der Waals surface area contributed by atoms with Crippen LogP contribution in [0.2, 0.25) is 0 Å². The van der Waals surface area contributed by atoms with Gasteiger partial charge in [-0.15, -0.1) is 0 Å². The predicted octanol–water partition coefficient (Wildman–Crippen LogP) is 11.4. The zero-order chi connectivity index (χ0) is 31.1. The van der Waals surface area contributed by atoms with Gasteiger partial charge in [-0.2, -0.15) is 0 Å². The first kappa shape index (κ1) is 25.3. The Morgan fingerprint density at radius 1 is 0.396 bits per heavy atom. The quantitative estimate of drug-likeness (QED) is 0.169. The zero-order valence-corrected chi connectivity index (χ0v) is 26.3. The van der Waals surface area contributed by atoms with E-state index in [1.165, 1.54) is 100 Å². The molecule has 0 fully saturated rings. The Bertz CT molecular complexity index is 2410. The van der Waals surface area contributed by atoms with Crippen LogP contribution >= 0.6 is 0 Å². The van der Waals surface area contributed by atoms with Gasteiger partial charge in [0, 0.05) is 22.5 Å². The second-order valence-electron chi connectivity index (χ2n) is 13.8. The van der Waals surface area contributed by atoms with Gasteiger partial charge in [-0.3, -0.25) is 0 Å². The standard InChI is InChI=1S/C46H30N2/c1-5-15-35-27(11-1)29-19-9-21-39(29)47-41-25-23-34-33(43(41)31-13-3-7-17-37(31)45(35)47)24-26-42-44(34)32-14-4-8-18-38(32)46-36-16-6-2-12-28(36)30-20-10-22-40(30)48(42)46/h1-18,21-26,45-46H,19-20H2. The summed E-state index contributed by atoms with van der Waals surface area (Å²) in [7, 11) is 0. The van der Waals surface area contributed by atoms with Gasteiger partial charge in [0.1, 0.15) is 0 Å². The molecule has 0 aromatic heterocycles. The summed E-state index contributed by atoms with van der Waals surface area (Å²) in [6.07, 6.45) is 11.4. The first-order valence-electron chi connectivity index (χ1n) is 17.2. The van der Waals surface area contributed by atoms with E-state index in [1.807, 2.05) is 0 Å². The van der Waals surface area contributed by atoms with Crippen LogP contribution in [0.5, 0.6) is 0 Å². The maximum Gasteiger partial charge on any atom is 0.0857 e. The normalized spacial score (nSPS) is 19.9. The summed E-state index contributed by atoms with van der Waals surface area (Å²) in [5, 5.41) is 2.64. The molecule has 0 bridgehead atoms. The topological polar surface area (TPSA) is 6.48 Å². The minimum absolute atomic E-state index is 0.149. The minimum atomic E-state index is 0.149. The van der Waals surface area contributed by atoms with Crippen LogP contribution < -0.4 is 9.80 Å². The second kappa shape index (κ2) is 8.93. The largest absolute Gasteiger partial charge is 0.329 e. The van der Waals surface area contributed by atoms with Crippen molar-refractivity contribution in [1.82, 2.24) is 0 Å². The maximum atomic E-state index is 2.64. The van der Waals surface area contributed by atoms with Crippen molar-refractivity contribution in [2.24, 2.45) is 0 Å². The molecule has 6 aromatic rings. The van der Waals surface area contributed by atoms with Crippen molar-refractivity contribution in [3.05, 3.63) is 190 Å². The van der Waals surface area contributed by atoms with Gasteiger partial charge < -0.3 is 9.80 Å². The molecule has 2 atom stereocenters. The molecule has 0 radical (unpaired) electrons. The molecule has 6 aromatic carbocycles. The van der Waals surface area contributed by atoms with Gasteiger partial charge >= 0.3 is 0 Å². The summed E-state index contributed by atoms with van der Waals surface area (Å²) in [6.45, 7) is 0. The number of hydrogen-bond donors (Lipinski definition) is 0. The second-order valence-corrected chi connectivity index (χ2v) is 13.8. The van der Waals surface area contributed by atoms with Crippen molar-refractivity contribution in [3.63, 3.8) is 0 Å². The Morgan fingerprint density at radius 2 is 0.771 bits per heavy atom. The van der Waals surface area contributed by atoms with Gasteiger partial charge in [0.2, 0.25) is 0 Å². The smallest absolute Gasteiger partial charge is 0.0857 e. The van der Waals surface area contributed by atoms with Crippen LogP contribution in [0.1, 0.15) is 58.3 Å². The first-order valence-corrected chi connectivity index (χ1v) is 17.2. The van der Waals surface area contributed by atoms with E-state index in [0.29, 0.717) is 0 Å². The fourth-order valence-electron chi connectivity index (χ4n) is 9.94. The fraction of sp³-hybridized carbons (Fsp3) is 0.0870. The molecule has 224 valence electrons. The molecule has 0 saturated heterocycles. The molecule has 4 heterocycles. The number of allylic oxidation sites excluding steroid dienone is 6. The van der Waals surface area contributed by atoms with E-state index in [1.54, 1.807) is 0 Å². The molecular weight excluding hydrogens is 581 g/mol. The molecule has 0 spiro atoms. The van der Waals surface area contributed by atoms with Crippen LogP contribution in [0, 0.1) is 0 Å². The zero-order valence-electron chi connectivity index (χ0n) is 26.3. The van der Waals surface area contributed by atoms with Crippen molar-refractivity contribution in [1.29, 1.82) is 0 Å². The summed E-state index contributed by atoms with van der Waals surface area (Å²) in [5.74, 6) is 0. The number of hydrogen-bond acceptors (Lipinski definition) is 2. The van der Waals surface area contributed by atoms with E-state index in [-0.39, 0.29) is 12.1 Å². The monoisotopic (exact) mass is 610 g/mol. The Morgan fingerprint density at radius 3 is 1.21 bits per heavy atom. The van der Waals surface area contributed by atoms with Crippen LogP contribution in [0.15, 0.2) is 157 Å². The van der Waals surface area contributed by atoms with Gasteiger partial charge in [0.15, 0.2) is 0 Å². The molecule has 12 rings (SSSR count).